The Bertz CT molecular complexity index is 706. The minimum atomic E-state index is -4.56. The zero-order valence-corrected chi connectivity index (χ0v) is 13.1. The van der Waals surface area contributed by atoms with Crippen LogP contribution in [-0.4, -0.2) is 25.8 Å². The summed E-state index contributed by atoms with van der Waals surface area (Å²) in [5, 5.41) is 20.8. The highest BCUT2D eigenvalue weighted by Gasteiger charge is 2.29. The van der Waals surface area contributed by atoms with Gasteiger partial charge in [-0.2, -0.15) is 0 Å². The molecule has 1 unspecified atom stereocenters. The quantitative estimate of drug-likeness (QED) is 0.501. The molecule has 0 heterocycles. The second-order valence-corrected chi connectivity index (χ2v) is 6.65. The van der Waals surface area contributed by atoms with Crippen LogP contribution in [-0.2, 0) is 15.8 Å². The molecule has 1 atom stereocenters. The highest BCUT2D eigenvalue weighted by Crippen LogP contribution is 2.35. The van der Waals surface area contributed by atoms with Crippen molar-refractivity contribution in [2.24, 2.45) is 5.92 Å². The first kappa shape index (κ1) is 17.3. The van der Waals surface area contributed by atoms with Gasteiger partial charge in [-0.3, -0.25) is 9.88 Å². The number of hydrogen-bond acceptors (Lipinski definition) is 4. The van der Waals surface area contributed by atoms with Crippen LogP contribution < -0.4 is 5.09 Å². The van der Waals surface area contributed by atoms with Crippen molar-refractivity contribution in [1.29, 1.82) is 0 Å². The van der Waals surface area contributed by atoms with Crippen molar-refractivity contribution in [1.82, 2.24) is 5.09 Å². The van der Waals surface area contributed by atoms with E-state index in [0.29, 0.717) is 19.3 Å². The number of aliphatic hydroxyl groups is 1. The maximum absolute atomic E-state index is 12.0. The van der Waals surface area contributed by atoms with Gasteiger partial charge in [0, 0.05) is 17.8 Å². The first-order chi connectivity index (χ1) is 10.7. The van der Waals surface area contributed by atoms with Crippen molar-refractivity contribution in [3.8, 4) is 5.75 Å². The normalized spacial score (nSPS) is 18.3. The number of carbonyl (C=O) groups excluding carboxylic acids is 1. The second-order valence-electron chi connectivity index (χ2n) is 5.34. The van der Waals surface area contributed by atoms with E-state index in [1.165, 1.54) is 0 Å². The average molecular weight is 339 g/mol. The van der Waals surface area contributed by atoms with E-state index in [4.69, 9.17) is 9.79 Å². The molecule has 1 aliphatic rings. The van der Waals surface area contributed by atoms with E-state index in [9.17, 15) is 19.6 Å². The molecule has 0 aliphatic heterocycles. The van der Waals surface area contributed by atoms with Crippen LogP contribution in [0.2, 0.25) is 0 Å². The molecule has 5 N–H and O–H groups in total. The Balaban J connectivity index is 2.03. The number of aliphatic hydroxyl groups excluding tert-OH is 1. The van der Waals surface area contributed by atoms with Crippen molar-refractivity contribution >= 4 is 13.5 Å². The minimum Gasteiger partial charge on any atom is -0.508 e. The van der Waals surface area contributed by atoms with Crippen LogP contribution in [0.5, 0.6) is 5.75 Å². The molecule has 124 valence electrons. The Morgan fingerprint density at radius 1 is 1.17 bits per heavy atom. The second kappa shape index (κ2) is 7.00. The summed E-state index contributed by atoms with van der Waals surface area (Å²) in [7, 11) is -4.56. The SMILES string of the molecule is O=C1C=C(O)C=C(NP(=O)(O)O)C1CCCc1cccc(O)c1. The highest BCUT2D eigenvalue weighted by atomic mass is 31.2. The molecule has 0 amide bonds. The lowest BCUT2D eigenvalue weighted by molar-refractivity contribution is -0.117. The van der Waals surface area contributed by atoms with Crippen molar-refractivity contribution in [2.75, 3.05) is 0 Å². The van der Waals surface area contributed by atoms with Crippen molar-refractivity contribution in [3.05, 3.63) is 53.4 Å². The molecule has 8 heteroatoms. The first-order valence-corrected chi connectivity index (χ1v) is 8.64. The average Bonchev–Trinajstić information content (AvgIpc) is 2.40. The Morgan fingerprint density at radius 3 is 2.57 bits per heavy atom. The predicted molar refractivity (Wildman–Crippen MR) is 83.5 cm³/mol. The molecular formula is C15H18NO6P. The third kappa shape index (κ3) is 5.25. The molecule has 0 saturated carbocycles. The highest BCUT2D eigenvalue weighted by molar-refractivity contribution is 7.49. The van der Waals surface area contributed by atoms with Gasteiger partial charge in [0.15, 0.2) is 5.78 Å². The lowest BCUT2D eigenvalue weighted by atomic mass is 9.89. The molecule has 0 spiro atoms. The summed E-state index contributed by atoms with van der Waals surface area (Å²) in [5.74, 6) is -1.32. The van der Waals surface area contributed by atoms with Crippen LogP contribution in [0.3, 0.4) is 0 Å². The van der Waals surface area contributed by atoms with Gasteiger partial charge in [0.2, 0.25) is 0 Å². The number of hydrogen-bond donors (Lipinski definition) is 5. The standard InChI is InChI=1S/C15H18NO6P/c17-11-5-1-3-10(7-11)4-2-6-13-14(16-23(20,21)22)8-12(18)9-15(13)19/h1,3,5,7-9,13,17-18H,2,4,6H2,(H3,16,20,21,22). The maximum atomic E-state index is 12.0. The van der Waals surface area contributed by atoms with Gasteiger partial charge in [-0.25, -0.2) is 4.57 Å². The topological polar surface area (TPSA) is 127 Å². The lowest BCUT2D eigenvalue weighted by Crippen LogP contribution is -2.27. The summed E-state index contributed by atoms with van der Waals surface area (Å²) >= 11 is 0. The van der Waals surface area contributed by atoms with Crippen LogP contribution in [0.25, 0.3) is 0 Å². The predicted octanol–water partition coefficient (Wildman–Crippen LogP) is 1.92. The molecule has 1 aliphatic carbocycles. The fraction of sp³-hybridized carbons (Fsp3) is 0.267. The molecule has 23 heavy (non-hydrogen) atoms. The van der Waals surface area contributed by atoms with E-state index in [1.54, 1.807) is 18.2 Å². The zero-order valence-electron chi connectivity index (χ0n) is 12.2. The van der Waals surface area contributed by atoms with Crippen molar-refractivity contribution in [2.45, 2.75) is 19.3 Å². The van der Waals surface area contributed by atoms with E-state index in [0.717, 1.165) is 17.7 Å². The van der Waals surface area contributed by atoms with Gasteiger partial charge in [0.1, 0.15) is 11.5 Å². The van der Waals surface area contributed by atoms with Crippen LogP contribution in [0.15, 0.2) is 47.9 Å². The summed E-state index contributed by atoms with van der Waals surface area (Å²) in [6, 6.07) is 6.75. The van der Waals surface area contributed by atoms with Gasteiger partial charge in [0.05, 0.1) is 5.92 Å². The molecule has 2 rings (SSSR count). The van der Waals surface area contributed by atoms with Gasteiger partial charge < -0.3 is 20.0 Å². The van der Waals surface area contributed by atoms with Crippen LogP contribution >= 0.6 is 7.75 Å². The molecule has 1 aromatic rings. The van der Waals surface area contributed by atoms with Crippen LogP contribution in [0.1, 0.15) is 18.4 Å². The zero-order chi connectivity index (χ0) is 17.0. The van der Waals surface area contributed by atoms with Crippen LogP contribution in [0.4, 0.5) is 0 Å². The third-order valence-electron chi connectivity index (χ3n) is 3.46. The summed E-state index contributed by atoms with van der Waals surface area (Å²) in [6.07, 6.45) is 3.74. The van der Waals surface area contributed by atoms with Crippen molar-refractivity contribution in [3.63, 3.8) is 0 Å². The lowest BCUT2D eigenvalue weighted by Gasteiger charge is -2.23. The Kier molecular flexibility index (Phi) is 5.26. The maximum Gasteiger partial charge on any atom is 0.427 e. The molecular weight excluding hydrogens is 321 g/mol. The molecule has 1 aromatic carbocycles. The summed E-state index contributed by atoms with van der Waals surface area (Å²) in [6.45, 7) is 0. The molecule has 0 saturated heterocycles. The number of rotatable bonds is 6. The fourth-order valence-corrected chi connectivity index (χ4v) is 3.06. The summed E-state index contributed by atoms with van der Waals surface area (Å²) < 4.78 is 11.1. The number of allylic oxidation sites excluding steroid dienone is 3. The minimum absolute atomic E-state index is 0.0132. The summed E-state index contributed by atoms with van der Waals surface area (Å²) in [5.41, 5.74) is 0.916. The molecule has 0 radical (unpaired) electrons. The van der Waals surface area contributed by atoms with Crippen molar-refractivity contribution < 1.29 is 29.4 Å². The number of aromatic hydroxyl groups is 1. The van der Waals surface area contributed by atoms with Gasteiger partial charge in [-0.1, -0.05) is 12.1 Å². The van der Waals surface area contributed by atoms with E-state index < -0.39 is 19.4 Å². The van der Waals surface area contributed by atoms with E-state index in [1.807, 2.05) is 11.2 Å². The number of phenols is 1. The number of aryl methyl sites for hydroxylation is 1. The fourth-order valence-electron chi connectivity index (χ4n) is 2.50. The number of ketones is 1. The Morgan fingerprint density at radius 2 is 1.91 bits per heavy atom. The largest absolute Gasteiger partial charge is 0.508 e. The Hall–Kier alpha value is -2.08. The molecule has 0 aromatic heterocycles. The monoisotopic (exact) mass is 339 g/mol. The van der Waals surface area contributed by atoms with E-state index in [-0.39, 0.29) is 17.2 Å². The van der Waals surface area contributed by atoms with E-state index >= 15 is 0 Å². The number of phenolic OH excluding ortho intramolecular Hbond substituents is 1. The molecule has 0 bridgehead atoms. The third-order valence-corrected chi connectivity index (χ3v) is 4.01. The number of nitrogens with one attached hydrogen (secondary N) is 1. The number of carbonyl (C=O) groups is 1. The number of benzene rings is 1. The van der Waals surface area contributed by atoms with Gasteiger partial charge >= 0.3 is 7.75 Å². The van der Waals surface area contributed by atoms with E-state index in [2.05, 4.69) is 0 Å². The van der Waals surface area contributed by atoms with Gasteiger partial charge in [-0.15, -0.1) is 0 Å². The smallest absolute Gasteiger partial charge is 0.427 e. The van der Waals surface area contributed by atoms with Crippen LogP contribution in [0, 0.1) is 5.92 Å². The molecule has 7 nitrogen and oxygen atoms in total. The summed E-state index contributed by atoms with van der Waals surface area (Å²) in [4.78, 5) is 30.0. The Labute approximate surface area is 133 Å². The first-order valence-electron chi connectivity index (χ1n) is 7.02. The van der Waals surface area contributed by atoms with Gasteiger partial charge in [0.25, 0.3) is 0 Å². The van der Waals surface area contributed by atoms with Gasteiger partial charge in [-0.05, 0) is 37.0 Å². The molecule has 0 fully saturated rings.